The third-order valence-electron chi connectivity index (χ3n) is 2.64. The topological polar surface area (TPSA) is 36.9 Å². The summed E-state index contributed by atoms with van der Waals surface area (Å²) in [6.07, 6.45) is 0.0751. The van der Waals surface area contributed by atoms with Crippen LogP contribution in [0.1, 0.15) is 20.8 Å². The Morgan fingerprint density at radius 3 is 2.00 bits per heavy atom. The second-order valence-electron chi connectivity index (χ2n) is 3.78. The van der Waals surface area contributed by atoms with Crippen LogP contribution in [0.5, 0.6) is 0 Å². The Hall–Kier alpha value is -0.450. The van der Waals surface area contributed by atoms with Crippen LogP contribution >= 0.6 is 0 Å². The molecule has 2 heterocycles. The van der Waals surface area contributed by atoms with Crippen molar-refractivity contribution in [2.24, 2.45) is 0 Å². The third kappa shape index (κ3) is 1.69. The van der Waals surface area contributed by atoms with Crippen LogP contribution in [-0.4, -0.2) is 32.3 Å². The fourth-order valence-electron chi connectivity index (χ4n) is 1.47. The van der Waals surface area contributed by atoms with Gasteiger partial charge in [0.15, 0.2) is 0 Å². The fourth-order valence-corrected chi connectivity index (χ4v) is 1.47. The lowest BCUT2D eigenvalue weighted by Crippen LogP contribution is -2.39. The van der Waals surface area contributed by atoms with Crippen molar-refractivity contribution in [3.05, 3.63) is 12.3 Å². The minimum atomic E-state index is -0.468. The minimum Gasteiger partial charge on any atom is -0.540 e. The Labute approximate surface area is 84.8 Å². The van der Waals surface area contributed by atoms with Gasteiger partial charge in [-0.05, 0) is 20.8 Å². The van der Waals surface area contributed by atoms with Crippen LogP contribution < -0.4 is 0 Å². The van der Waals surface area contributed by atoms with Crippen molar-refractivity contribution in [2.75, 3.05) is 0 Å². The van der Waals surface area contributed by atoms with Gasteiger partial charge in [-0.1, -0.05) is 6.58 Å². The highest BCUT2D eigenvalue weighted by Crippen LogP contribution is 2.25. The normalized spacial score (nSPS) is 37.9. The summed E-state index contributed by atoms with van der Waals surface area (Å²) in [7, 11) is -0.897. The van der Waals surface area contributed by atoms with E-state index >= 15 is 0 Å². The first-order valence-corrected chi connectivity index (χ1v) is 4.89. The Balaban J connectivity index is 1.95. The molecule has 2 rings (SSSR count). The Morgan fingerprint density at radius 2 is 1.57 bits per heavy atom. The summed E-state index contributed by atoms with van der Waals surface area (Å²) >= 11 is 0. The van der Waals surface area contributed by atoms with Gasteiger partial charge in [0.05, 0.1) is 24.1 Å². The molecule has 2 fully saturated rings. The van der Waals surface area contributed by atoms with Crippen molar-refractivity contribution in [3.63, 3.8) is 0 Å². The van der Waals surface area contributed by atoms with E-state index in [2.05, 4.69) is 6.58 Å². The Bertz CT molecular complexity index is 237. The molecule has 0 bridgehead atoms. The molecule has 2 aliphatic heterocycles. The molecule has 2 aliphatic rings. The van der Waals surface area contributed by atoms with Crippen molar-refractivity contribution < 1.29 is 18.6 Å². The van der Waals surface area contributed by atoms with E-state index in [1.165, 1.54) is 0 Å². The predicted octanol–water partition coefficient (Wildman–Crippen LogP) is 0.814. The number of hydrogen-bond acceptors (Lipinski definition) is 4. The highest BCUT2D eigenvalue weighted by Gasteiger charge is 2.52. The van der Waals surface area contributed by atoms with Crippen molar-refractivity contribution >= 4 is 14.0 Å². The van der Waals surface area contributed by atoms with Gasteiger partial charge in [-0.2, -0.15) is 0 Å². The summed E-state index contributed by atoms with van der Waals surface area (Å²) in [6.45, 7) is 9.57. The number of rotatable bonds is 1. The molecule has 0 aromatic rings. The molecule has 0 unspecified atom stereocenters. The first kappa shape index (κ1) is 10.1. The van der Waals surface area contributed by atoms with Gasteiger partial charge in [-0.3, -0.25) is 0 Å². The van der Waals surface area contributed by atoms with Crippen LogP contribution in [0.15, 0.2) is 12.3 Å². The minimum absolute atomic E-state index is 0.0800. The van der Waals surface area contributed by atoms with E-state index in [4.69, 9.17) is 18.6 Å². The van der Waals surface area contributed by atoms with Crippen molar-refractivity contribution in [2.45, 2.75) is 39.1 Å². The molecule has 0 radical (unpaired) electrons. The molecule has 4 nitrogen and oxygen atoms in total. The standard InChI is InChI=1S/C8H14B2O4/c1-5-6(2)12-9(11-5)10-13-7(3)8(4)14-10/h6-8H,1H2,2-4H3/t6-,7-,8-/m0/s1. The predicted molar refractivity (Wildman–Crippen MR) is 53.4 cm³/mol. The lowest BCUT2D eigenvalue weighted by atomic mass is 9.49. The molecule has 0 aromatic carbocycles. The first-order chi connectivity index (χ1) is 6.58. The molecular formula is C8H14B2O4. The molecule has 76 valence electrons. The van der Waals surface area contributed by atoms with Crippen molar-refractivity contribution in [1.29, 1.82) is 0 Å². The second-order valence-corrected chi connectivity index (χ2v) is 3.78. The zero-order chi connectivity index (χ0) is 10.3. The van der Waals surface area contributed by atoms with Crippen LogP contribution in [0.3, 0.4) is 0 Å². The van der Waals surface area contributed by atoms with Crippen LogP contribution in [0.2, 0.25) is 0 Å². The summed E-state index contributed by atoms with van der Waals surface area (Å²) in [5.74, 6) is 0.634. The van der Waals surface area contributed by atoms with Gasteiger partial charge >= 0.3 is 14.0 Å². The molecule has 0 N–H and O–H groups in total. The molecule has 0 aromatic heterocycles. The van der Waals surface area contributed by atoms with Crippen LogP contribution in [-0.2, 0) is 18.6 Å². The summed E-state index contributed by atoms with van der Waals surface area (Å²) in [5, 5.41) is 0. The molecule has 6 heteroatoms. The van der Waals surface area contributed by atoms with Gasteiger partial charge in [0.1, 0.15) is 0 Å². The number of hydrogen-bond donors (Lipinski definition) is 0. The van der Waals surface area contributed by atoms with E-state index < -0.39 is 14.0 Å². The van der Waals surface area contributed by atoms with Crippen LogP contribution in [0.25, 0.3) is 0 Å². The molecule has 2 saturated heterocycles. The van der Waals surface area contributed by atoms with Crippen molar-refractivity contribution in [3.8, 4) is 0 Å². The van der Waals surface area contributed by atoms with Crippen molar-refractivity contribution in [1.82, 2.24) is 0 Å². The van der Waals surface area contributed by atoms with E-state index in [0.29, 0.717) is 5.76 Å². The lowest BCUT2D eigenvalue weighted by molar-refractivity contribution is 0.187. The first-order valence-electron chi connectivity index (χ1n) is 4.89. The second kappa shape index (κ2) is 3.60. The molecule has 3 atom stereocenters. The average molecular weight is 196 g/mol. The van der Waals surface area contributed by atoms with Gasteiger partial charge in [-0.15, -0.1) is 0 Å². The summed E-state index contributed by atoms with van der Waals surface area (Å²) in [6, 6.07) is 0. The van der Waals surface area contributed by atoms with Crippen LogP contribution in [0, 0.1) is 0 Å². The maximum absolute atomic E-state index is 5.54. The fraction of sp³-hybridized carbons (Fsp3) is 0.750. The Morgan fingerprint density at radius 1 is 1.00 bits per heavy atom. The van der Waals surface area contributed by atoms with Gasteiger partial charge < -0.3 is 18.6 Å². The molecule has 0 saturated carbocycles. The van der Waals surface area contributed by atoms with E-state index in [1.54, 1.807) is 0 Å². The lowest BCUT2D eigenvalue weighted by Gasteiger charge is -2.06. The summed E-state index contributed by atoms with van der Waals surface area (Å²) in [5.41, 5.74) is 0. The maximum Gasteiger partial charge on any atom is 0.552 e. The van der Waals surface area contributed by atoms with Crippen LogP contribution in [0.4, 0.5) is 0 Å². The van der Waals surface area contributed by atoms with Gasteiger partial charge in [0, 0.05) is 0 Å². The zero-order valence-corrected chi connectivity index (χ0v) is 8.73. The largest absolute Gasteiger partial charge is 0.552 e. The monoisotopic (exact) mass is 196 g/mol. The van der Waals surface area contributed by atoms with E-state index in [1.807, 2.05) is 20.8 Å². The van der Waals surface area contributed by atoms with E-state index in [0.717, 1.165) is 0 Å². The molecule has 0 spiro atoms. The third-order valence-corrected chi connectivity index (χ3v) is 2.64. The SMILES string of the molecule is C=C1OB(B2O[C@@H](C)[C@H](C)O2)O[C@H]1C. The Kier molecular flexibility index (Phi) is 2.60. The highest BCUT2D eigenvalue weighted by molar-refractivity contribution is 7.11. The summed E-state index contributed by atoms with van der Waals surface area (Å²) < 4.78 is 22.0. The quantitative estimate of drug-likeness (QED) is 0.581. The smallest absolute Gasteiger partial charge is 0.540 e. The van der Waals surface area contributed by atoms with E-state index in [9.17, 15) is 0 Å². The van der Waals surface area contributed by atoms with Gasteiger partial charge in [-0.25, -0.2) is 0 Å². The molecular weight excluding hydrogens is 182 g/mol. The highest BCUT2D eigenvalue weighted by atomic mass is 16.7. The van der Waals surface area contributed by atoms with Gasteiger partial charge in [0.25, 0.3) is 0 Å². The maximum atomic E-state index is 5.54. The van der Waals surface area contributed by atoms with E-state index in [-0.39, 0.29) is 18.3 Å². The molecule has 14 heavy (non-hydrogen) atoms. The van der Waals surface area contributed by atoms with Gasteiger partial charge in [0.2, 0.25) is 0 Å². The molecule has 0 amide bonds. The zero-order valence-electron chi connectivity index (χ0n) is 8.73. The average Bonchev–Trinajstić information content (AvgIpc) is 2.60. The molecule has 0 aliphatic carbocycles. The summed E-state index contributed by atoms with van der Waals surface area (Å²) in [4.78, 5) is 0.